The number of pyridine rings is 1. The lowest BCUT2D eigenvalue weighted by molar-refractivity contribution is 0.129. The first-order valence-electron chi connectivity index (χ1n) is 6.79. The predicted octanol–water partition coefficient (Wildman–Crippen LogP) is 2.85. The normalized spacial score (nSPS) is 19.3. The summed E-state index contributed by atoms with van der Waals surface area (Å²) in [6.45, 7) is 5.09. The van der Waals surface area contributed by atoms with Gasteiger partial charge >= 0.3 is 0 Å². The Kier molecular flexibility index (Phi) is 5.97. The molecule has 4 heteroatoms. The molecule has 1 N–H and O–H groups in total. The monoisotopic (exact) mass is 266 g/mol. The van der Waals surface area contributed by atoms with E-state index in [-0.39, 0.29) is 0 Å². The van der Waals surface area contributed by atoms with Crippen molar-refractivity contribution in [2.45, 2.75) is 43.9 Å². The van der Waals surface area contributed by atoms with Gasteiger partial charge in [0.05, 0.1) is 6.10 Å². The van der Waals surface area contributed by atoms with Gasteiger partial charge in [-0.05, 0) is 37.4 Å². The van der Waals surface area contributed by atoms with Crippen LogP contribution < -0.4 is 5.32 Å². The Balaban J connectivity index is 1.85. The Hall–Kier alpha value is -0.580. The van der Waals surface area contributed by atoms with Gasteiger partial charge in [-0.15, -0.1) is 11.8 Å². The lowest BCUT2D eigenvalue weighted by Crippen LogP contribution is -2.15. The third-order valence-corrected chi connectivity index (χ3v) is 4.20. The van der Waals surface area contributed by atoms with Crippen molar-refractivity contribution in [2.75, 3.05) is 18.9 Å². The fraction of sp³-hybridized carbons (Fsp3) is 0.643. The van der Waals surface area contributed by atoms with E-state index >= 15 is 0 Å². The molecule has 0 spiro atoms. The summed E-state index contributed by atoms with van der Waals surface area (Å²) in [6.07, 6.45) is 5.87. The molecule has 1 unspecified atom stereocenters. The summed E-state index contributed by atoms with van der Waals surface area (Å²) in [5, 5.41) is 4.58. The van der Waals surface area contributed by atoms with Crippen LogP contribution in [0.2, 0.25) is 0 Å². The van der Waals surface area contributed by atoms with E-state index < -0.39 is 0 Å². The second-order valence-corrected chi connectivity index (χ2v) is 5.60. The standard InChI is InChI=1S/C14H22N2OS/c1-2-7-15-10-12-5-3-8-16-14(12)18-11-13-6-4-9-17-13/h3,5,8,13,15H,2,4,6-7,9-11H2,1H3. The summed E-state index contributed by atoms with van der Waals surface area (Å²) < 4.78 is 5.65. The molecule has 1 atom stereocenters. The molecule has 1 aliphatic heterocycles. The first-order valence-corrected chi connectivity index (χ1v) is 7.77. The largest absolute Gasteiger partial charge is 0.377 e. The molecular weight excluding hydrogens is 244 g/mol. The van der Waals surface area contributed by atoms with E-state index in [1.54, 1.807) is 0 Å². The van der Waals surface area contributed by atoms with Gasteiger partial charge in [-0.1, -0.05) is 13.0 Å². The maximum absolute atomic E-state index is 5.65. The van der Waals surface area contributed by atoms with Crippen molar-refractivity contribution in [3.05, 3.63) is 23.9 Å². The molecule has 0 radical (unpaired) electrons. The summed E-state index contributed by atoms with van der Waals surface area (Å²) >= 11 is 1.83. The van der Waals surface area contributed by atoms with Crippen LogP contribution in [0.4, 0.5) is 0 Å². The van der Waals surface area contributed by atoms with Crippen molar-refractivity contribution < 1.29 is 4.74 Å². The molecule has 0 saturated carbocycles. The summed E-state index contributed by atoms with van der Waals surface area (Å²) in [5.41, 5.74) is 1.30. The highest BCUT2D eigenvalue weighted by Crippen LogP contribution is 2.24. The van der Waals surface area contributed by atoms with Crippen LogP contribution in [-0.4, -0.2) is 30.0 Å². The number of hydrogen-bond donors (Lipinski definition) is 1. The van der Waals surface area contributed by atoms with E-state index in [0.717, 1.165) is 30.5 Å². The van der Waals surface area contributed by atoms with Gasteiger partial charge in [-0.3, -0.25) is 0 Å². The fourth-order valence-corrected chi connectivity index (χ4v) is 3.10. The van der Waals surface area contributed by atoms with Crippen LogP contribution in [0.5, 0.6) is 0 Å². The third-order valence-electron chi connectivity index (χ3n) is 3.02. The lowest BCUT2D eigenvalue weighted by atomic mass is 10.3. The molecule has 2 rings (SSSR count). The summed E-state index contributed by atoms with van der Waals surface area (Å²) in [6, 6.07) is 4.17. The first kappa shape index (κ1) is 13.8. The SMILES string of the molecule is CCCNCc1cccnc1SCC1CCCO1. The number of aromatic nitrogens is 1. The van der Waals surface area contributed by atoms with Crippen molar-refractivity contribution in [1.82, 2.24) is 10.3 Å². The van der Waals surface area contributed by atoms with E-state index in [0.29, 0.717) is 6.10 Å². The van der Waals surface area contributed by atoms with Crippen LogP contribution in [0.1, 0.15) is 31.7 Å². The molecule has 18 heavy (non-hydrogen) atoms. The average Bonchev–Trinajstić information content (AvgIpc) is 2.91. The Morgan fingerprint density at radius 3 is 3.28 bits per heavy atom. The molecule has 1 saturated heterocycles. The smallest absolute Gasteiger partial charge is 0.101 e. The zero-order chi connectivity index (χ0) is 12.6. The highest BCUT2D eigenvalue weighted by molar-refractivity contribution is 7.99. The van der Waals surface area contributed by atoms with E-state index in [1.807, 2.05) is 24.0 Å². The topological polar surface area (TPSA) is 34.2 Å². The molecule has 1 aliphatic rings. The van der Waals surface area contributed by atoms with E-state index in [9.17, 15) is 0 Å². The summed E-state index contributed by atoms with van der Waals surface area (Å²) in [5.74, 6) is 1.03. The minimum atomic E-state index is 0.424. The minimum absolute atomic E-state index is 0.424. The van der Waals surface area contributed by atoms with Gasteiger partial charge in [0.25, 0.3) is 0 Å². The molecule has 0 bridgehead atoms. The highest BCUT2D eigenvalue weighted by atomic mass is 32.2. The Morgan fingerprint density at radius 2 is 2.50 bits per heavy atom. The van der Waals surface area contributed by atoms with Crippen LogP contribution >= 0.6 is 11.8 Å². The molecule has 0 amide bonds. The molecule has 3 nitrogen and oxygen atoms in total. The number of ether oxygens (including phenoxy) is 1. The number of thioether (sulfide) groups is 1. The van der Waals surface area contributed by atoms with Crippen LogP contribution in [0.3, 0.4) is 0 Å². The fourth-order valence-electron chi connectivity index (χ4n) is 2.04. The zero-order valence-corrected chi connectivity index (χ0v) is 11.8. The third kappa shape index (κ3) is 4.26. The maximum atomic E-state index is 5.65. The number of nitrogens with zero attached hydrogens (tertiary/aromatic N) is 1. The van der Waals surface area contributed by atoms with Gasteiger partial charge in [0.1, 0.15) is 5.03 Å². The van der Waals surface area contributed by atoms with Gasteiger partial charge in [0, 0.05) is 25.1 Å². The number of nitrogens with one attached hydrogen (secondary N) is 1. The van der Waals surface area contributed by atoms with Crippen molar-refractivity contribution in [1.29, 1.82) is 0 Å². The van der Waals surface area contributed by atoms with Crippen molar-refractivity contribution in [2.24, 2.45) is 0 Å². The molecular formula is C14H22N2OS. The van der Waals surface area contributed by atoms with Crippen LogP contribution in [0.15, 0.2) is 23.4 Å². The van der Waals surface area contributed by atoms with Gasteiger partial charge in [0.15, 0.2) is 0 Å². The van der Waals surface area contributed by atoms with Gasteiger partial charge < -0.3 is 10.1 Å². The Bertz CT molecular complexity index is 353. The second-order valence-electron chi connectivity index (χ2n) is 4.59. The summed E-state index contributed by atoms with van der Waals surface area (Å²) in [4.78, 5) is 4.49. The maximum Gasteiger partial charge on any atom is 0.101 e. The number of hydrogen-bond acceptors (Lipinski definition) is 4. The van der Waals surface area contributed by atoms with Gasteiger partial charge in [-0.25, -0.2) is 4.98 Å². The highest BCUT2D eigenvalue weighted by Gasteiger charge is 2.16. The Labute approximate surface area is 114 Å². The van der Waals surface area contributed by atoms with Crippen molar-refractivity contribution in [3.8, 4) is 0 Å². The Morgan fingerprint density at radius 1 is 1.56 bits per heavy atom. The molecule has 2 heterocycles. The molecule has 1 aromatic heterocycles. The molecule has 0 aliphatic carbocycles. The lowest BCUT2D eigenvalue weighted by Gasteiger charge is -2.11. The summed E-state index contributed by atoms with van der Waals surface area (Å²) in [7, 11) is 0. The van der Waals surface area contributed by atoms with E-state index in [4.69, 9.17) is 4.74 Å². The molecule has 100 valence electrons. The van der Waals surface area contributed by atoms with E-state index in [1.165, 1.54) is 24.8 Å². The van der Waals surface area contributed by atoms with Gasteiger partial charge in [-0.2, -0.15) is 0 Å². The minimum Gasteiger partial charge on any atom is -0.377 e. The second kappa shape index (κ2) is 7.77. The molecule has 1 aromatic rings. The van der Waals surface area contributed by atoms with Crippen LogP contribution in [0, 0.1) is 0 Å². The molecule has 0 aromatic carbocycles. The van der Waals surface area contributed by atoms with Crippen molar-refractivity contribution in [3.63, 3.8) is 0 Å². The van der Waals surface area contributed by atoms with E-state index in [2.05, 4.69) is 23.3 Å². The average molecular weight is 266 g/mol. The first-order chi connectivity index (χ1) is 8.90. The van der Waals surface area contributed by atoms with Crippen LogP contribution in [-0.2, 0) is 11.3 Å². The van der Waals surface area contributed by atoms with Gasteiger partial charge in [0.2, 0.25) is 0 Å². The zero-order valence-electron chi connectivity index (χ0n) is 11.0. The predicted molar refractivity (Wildman–Crippen MR) is 75.9 cm³/mol. The molecule has 1 fully saturated rings. The van der Waals surface area contributed by atoms with Crippen LogP contribution in [0.25, 0.3) is 0 Å². The quantitative estimate of drug-likeness (QED) is 0.608. The van der Waals surface area contributed by atoms with Crippen molar-refractivity contribution >= 4 is 11.8 Å². The number of rotatable bonds is 7.